The Balaban J connectivity index is 2.44. The summed E-state index contributed by atoms with van der Waals surface area (Å²) < 4.78 is 0. The highest BCUT2D eigenvalue weighted by atomic mass is 35.5. The standard InChI is InChI=1S/C11H14ClN/c1-2-7-13-9-11-5-3-10(8-12)4-6-11/h2-6,13H,1,7-9H2. The molecule has 0 aliphatic heterocycles. The van der Waals surface area contributed by atoms with Crippen LogP contribution in [0.2, 0.25) is 0 Å². The van der Waals surface area contributed by atoms with Crippen LogP contribution in [-0.4, -0.2) is 6.54 Å². The van der Waals surface area contributed by atoms with Crippen molar-refractivity contribution in [3.63, 3.8) is 0 Å². The molecule has 0 saturated carbocycles. The van der Waals surface area contributed by atoms with Gasteiger partial charge in [0.2, 0.25) is 0 Å². The lowest BCUT2D eigenvalue weighted by molar-refractivity contribution is 0.760. The molecule has 13 heavy (non-hydrogen) atoms. The maximum Gasteiger partial charge on any atom is 0.0474 e. The number of hydrogen-bond donors (Lipinski definition) is 1. The fraction of sp³-hybridized carbons (Fsp3) is 0.273. The Labute approximate surface area is 84.4 Å². The molecule has 0 heterocycles. The van der Waals surface area contributed by atoms with Crippen LogP contribution in [0.25, 0.3) is 0 Å². The van der Waals surface area contributed by atoms with Crippen molar-refractivity contribution in [2.24, 2.45) is 0 Å². The number of halogens is 1. The molecule has 1 rings (SSSR count). The Morgan fingerprint density at radius 1 is 1.23 bits per heavy atom. The molecule has 70 valence electrons. The molecule has 1 aromatic carbocycles. The van der Waals surface area contributed by atoms with Gasteiger partial charge in [0.1, 0.15) is 0 Å². The summed E-state index contributed by atoms with van der Waals surface area (Å²) >= 11 is 5.68. The molecule has 0 fully saturated rings. The fourth-order valence-electron chi connectivity index (χ4n) is 1.06. The third kappa shape index (κ3) is 3.62. The predicted octanol–water partition coefficient (Wildman–Crippen LogP) is 2.70. The van der Waals surface area contributed by atoms with Gasteiger partial charge in [-0.1, -0.05) is 30.3 Å². The summed E-state index contributed by atoms with van der Waals surface area (Å²) in [6, 6.07) is 8.29. The average Bonchev–Trinajstić information content (AvgIpc) is 2.19. The van der Waals surface area contributed by atoms with E-state index in [0.717, 1.165) is 18.7 Å². The molecule has 0 radical (unpaired) electrons. The zero-order valence-electron chi connectivity index (χ0n) is 7.59. The molecule has 0 aliphatic carbocycles. The smallest absolute Gasteiger partial charge is 0.0474 e. The van der Waals surface area contributed by atoms with Gasteiger partial charge in [-0.25, -0.2) is 0 Å². The summed E-state index contributed by atoms with van der Waals surface area (Å²) in [5, 5.41) is 3.24. The molecule has 0 amide bonds. The summed E-state index contributed by atoms with van der Waals surface area (Å²) in [7, 11) is 0. The molecule has 1 aromatic rings. The van der Waals surface area contributed by atoms with E-state index in [1.807, 2.05) is 6.08 Å². The first-order chi connectivity index (χ1) is 6.36. The maximum absolute atomic E-state index is 5.68. The lowest BCUT2D eigenvalue weighted by atomic mass is 10.1. The van der Waals surface area contributed by atoms with Crippen LogP contribution in [-0.2, 0) is 12.4 Å². The SMILES string of the molecule is C=CCNCc1ccc(CCl)cc1. The third-order valence-electron chi connectivity index (χ3n) is 1.80. The minimum atomic E-state index is 0.584. The molecule has 0 bridgehead atoms. The molecule has 0 saturated heterocycles. The van der Waals surface area contributed by atoms with Crippen molar-refractivity contribution in [3.8, 4) is 0 Å². The highest BCUT2D eigenvalue weighted by molar-refractivity contribution is 6.17. The molecule has 1 nitrogen and oxygen atoms in total. The summed E-state index contributed by atoms with van der Waals surface area (Å²) in [5.41, 5.74) is 2.44. The number of nitrogens with one attached hydrogen (secondary N) is 1. The van der Waals surface area contributed by atoms with Crippen molar-refractivity contribution in [2.45, 2.75) is 12.4 Å². The lowest BCUT2D eigenvalue weighted by Gasteiger charge is -2.02. The van der Waals surface area contributed by atoms with Crippen molar-refractivity contribution >= 4 is 11.6 Å². The Hall–Kier alpha value is -0.790. The minimum Gasteiger partial charge on any atom is -0.309 e. The largest absolute Gasteiger partial charge is 0.309 e. The van der Waals surface area contributed by atoms with Gasteiger partial charge in [0.15, 0.2) is 0 Å². The van der Waals surface area contributed by atoms with Gasteiger partial charge < -0.3 is 5.32 Å². The summed E-state index contributed by atoms with van der Waals surface area (Å²) in [6.45, 7) is 5.37. The number of alkyl halides is 1. The van der Waals surface area contributed by atoms with E-state index >= 15 is 0 Å². The molecule has 0 spiro atoms. The third-order valence-corrected chi connectivity index (χ3v) is 2.10. The van der Waals surface area contributed by atoms with Crippen LogP contribution >= 0.6 is 11.6 Å². The first-order valence-electron chi connectivity index (χ1n) is 4.32. The Kier molecular flexibility index (Phi) is 4.58. The molecule has 2 heteroatoms. The van der Waals surface area contributed by atoms with Gasteiger partial charge >= 0.3 is 0 Å². The van der Waals surface area contributed by atoms with Crippen LogP contribution in [0.3, 0.4) is 0 Å². The molecule has 0 unspecified atom stereocenters. The Morgan fingerprint density at radius 3 is 2.38 bits per heavy atom. The van der Waals surface area contributed by atoms with Crippen molar-refractivity contribution in [3.05, 3.63) is 48.0 Å². The van der Waals surface area contributed by atoms with E-state index < -0.39 is 0 Å². The van der Waals surface area contributed by atoms with Gasteiger partial charge in [0.25, 0.3) is 0 Å². The Morgan fingerprint density at radius 2 is 1.85 bits per heavy atom. The van der Waals surface area contributed by atoms with Crippen LogP contribution in [0, 0.1) is 0 Å². The van der Waals surface area contributed by atoms with Gasteiger partial charge in [-0.05, 0) is 11.1 Å². The lowest BCUT2D eigenvalue weighted by Crippen LogP contribution is -2.12. The summed E-state index contributed by atoms with van der Waals surface area (Å²) in [6.07, 6.45) is 1.85. The highest BCUT2D eigenvalue weighted by Crippen LogP contribution is 2.06. The van der Waals surface area contributed by atoms with Gasteiger partial charge in [-0.2, -0.15) is 0 Å². The normalized spacial score (nSPS) is 9.92. The molecular formula is C11H14ClN. The average molecular weight is 196 g/mol. The summed E-state index contributed by atoms with van der Waals surface area (Å²) in [4.78, 5) is 0. The second-order valence-electron chi connectivity index (χ2n) is 2.87. The molecule has 0 atom stereocenters. The van der Waals surface area contributed by atoms with E-state index in [-0.39, 0.29) is 0 Å². The zero-order valence-corrected chi connectivity index (χ0v) is 8.35. The van der Waals surface area contributed by atoms with Crippen molar-refractivity contribution in [2.75, 3.05) is 6.54 Å². The van der Waals surface area contributed by atoms with E-state index in [0.29, 0.717) is 5.88 Å². The number of rotatable bonds is 5. The van der Waals surface area contributed by atoms with Crippen LogP contribution < -0.4 is 5.32 Å². The highest BCUT2D eigenvalue weighted by Gasteiger charge is 1.92. The number of benzene rings is 1. The van der Waals surface area contributed by atoms with Crippen molar-refractivity contribution in [1.29, 1.82) is 0 Å². The fourth-order valence-corrected chi connectivity index (χ4v) is 1.24. The van der Waals surface area contributed by atoms with Gasteiger partial charge in [-0.15, -0.1) is 18.2 Å². The van der Waals surface area contributed by atoms with E-state index in [1.165, 1.54) is 5.56 Å². The van der Waals surface area contributed by atoms with Gasteiger partial charge in [0.05, 0.1) is 0 Å². The molecule has 0 aromatic heterocycles. The Bertz CT molecular complexity index is 253. The second kappa shape index (κ2) is 5.79. The molecular weight excluding hydrogens is 182 g/mol. The van der Waals surface area contributed by atoms with Crippen LogP contribution in [0.4, 0.5) is 0 Å². The maximum atomic E-state index is 5.68. The monoisotopic (exact) mass is 195 g/mol. The van der Waals surface area contributed by atoms with Crippen LogP contribution in [0.1, 0.15) is 11.1 Å². The van der Waals surface area contributed by atoms with E-state index in [2.05, 4.69) is 36.2 Å². The quantitative estimate of drug-likeness (QED) is 0.433. The van der Waals surface area contributed by atoms with E-state index in [9.17, 15) is 0 Å². The van der Waals surface area contributed by atoms with E-state index in [4.69, 9.17) is 11.6 Å². The van der Waals surface area contributed by atoms with Crippen LogP contribution in [0.5, 0.6) is 0 Å². The molecule has 0 aliphatic rings. The first kappa shape index (κ1) is 10.3. The predicted molar refractivity (Wildman–Crippen MR) is 57.9 cm³/mol. The van der Waals surface area contributed by atoms with Crippen molar-refractivity contribution < 1.29 is 0 Å². The first-order valence-corrected chi connectivity index (χ1v) is 4.85. The zero-order chi connectivity index (χ0) is 9.52. The van der Waals surface area contributed by atoms with Gasteiger partial charge in [-0.3, -0.25) is 0 Å². The van der Waals surface area contributed by atoms with E-state index in [1.54, 1.807) is 0 Å². The van der Waals surface area contributed by atoms with Crippen LogP contribution in [0.15, 0.2) is 36.9 Å². The topological polar surface area (TPSA) is 12.0 Å². The van der Waals surface area contributed by atoms with Gasteiger partial charge in [0, 0.05) is 19.0 Å². The minimum absolute atomic E-state index is 0.584. The summed E-state index contributed by atoms with van der Waals surface area (Å²) in [5.74, 6) is 0.584. The second-order valence-corrected chi connectivity index (χ2v) is 3.14. The molecule has 1 N–H and O–H groups in total. The van der Waals surface area contributed by atoms with Crippen molar-refractivity contribution in [1.82, 2.24) is 5.32 Å². The number of hydrogen-bond acceptors (Lipinski definition) is 1.